The number of hydrogen-bond donors (Lipinski definition) is 1. The molecule has 3 atom stereocenters. The molecule has 2 aromatic rings. The van der Waals surface area contributed by atoms with Gasteiger partial charge in [-0.1, -0.05) is 63.2 Å². The molecule has 2 aliphatic rings. The molecule has 2 aromatic carbocycles. The van der Waals surface area contributed by atoms with Crippen molar-refractivity contribution in [1.82, 2.24) is 5.32 Å². The summed E-state index contributed by atoms with van der Waals surface area (Å²) in [5, 5.41) is 3.34. The van der Waals surface area contributed by atoms with Crippen molar-refractivity contribution in [3.8, 4) is 11.1 Å². The molecule has 0 aliphatic heterocycles. The number of carbonyl (C=O) groups excluding carboxylic acids is 1. The number of carbonyl (C=O) groups is 1. The van der Waals surface area contributed by atoms with E-state index >= 15 is 0 Å². The summed E-state index contributed by atoms with van der Waals surface area (Å²) in [6.45, 7) is 7.13. The fraction of sp³-hybridized carbons (Fsp3) is 0.435. The van der Waals surface area contributed by atoms with Gasteiger partial charge >= 0.3 is 0 Å². The summed E-state index contributed by atoms with van der Waals surface area (Å²) in [5.41, 5.74) is 3.62. The quantitative estimate of drug-likeness (QED) is 0.811. The van der Waals surface area contributed by atoms with Crippen LogP contribution in [0.5, 0.6) is 0 Å². The minimum Gasteiger partial charge on any atom is -0.349 e. The van der Waals surface area contributed by atoms with Crippen molar-refractivity contribution in [3.63, 3.8) is 0 Å². The number of rotatable bonds is 3. The Hall–Kier alpha value is -2.09. The average molecular weight is 333 g/mol. The van der Waals surface area contributed by atoms with E-state index in [2.05, 4.69) is 38.2 Å². The van der Waals surface area contributed by atoms with Gasteiger partial charge in [0.2, 0.25) is 0 Å². The molecule has 2 bridgehead atoms. The van der Waals surface area contributed by atoms with Crippen LogP contribution in [0, 0.1) is 16.7 Å². The predicted octanol–water partition coefficient (Wildman–Crippen LogP) is 5.30. The predicted molar refractivity (Wildman–Crippen MR) is 102 cm³/mol. The second-order valence-corrected chi connectivity index (χ2v) is 8.58. The molecule has 1 amide bonds. The Morgan fingerprint density at radius 3 is 2.16 bits per heavy atom. The third-order valence-corrected chi connectivity index (χ3v) is 7.35. The lowest BCUT2D eigenvalue weighted by molar-refractivity contribution is 0.0826. The van der Waals surface area contributed by atoms with Gasteiger partial charge < -0.3 is 5.32 Å². The maximum Gasteiger partial charge on any atom is 0.251 e. The molecular weight excluding hydrogens is 306 g/mol. The molecular formula is C23H27NO. The Balaban J connectivity index is 1.49. The summed E-state index contributed by atoms with van der Waals surface area (Å²) >= 11 is 0. The molecule has 0 spiro atoms. The van der Waals surface area contributed by atoms with E-state index in [0.29, 0.717) is 11.5 Å². The second kappa shape index (κ2) is 5.72. The average Bonchev–Trinajstić information content (AvgIpc) is 2.96. The Morgan fingerprint density at radius 1 is 0.960 bits per heavy atom. The highest BCUT2D eigenvalue weighted by Gasteiger charge is 2.61. The van der Waals surface area contributed by atoms with Crippen LogP contribution in [0.25, 0.3) is 11.1 Å². The first kappa shape index (κ1) is 16.4. The number of benzene rings is 2. The topological polar surface area (TPSA) is 29.1 Å². The Labute approximate surface area is 150 Å². The monoisotopic (exact) mass is 333 g/mol. The molecule has 2 aliphatic carbocycles. The van der Waals surface area contributed by atoms with Gasteiger partial charge in [0.05, 0.1) is 0 Å². The number of hydrogen-bond acceptors (Lipinski definition) is 1. The van der Waals surface area contributed by atoms with Crippen LogP contribution in [0.4, 0.5) is 0 Å². The first-order chi connectivity index (χ1) is 11.9. The van der Waals surface area contributed by atoms with Crippen molar-refractivity contribution in [2.24, 2.45) is 16.7 Å². The molecule has 0 saturated heterocycles. The summed E-state index contributed by atoms with van der Waals surface area (Å²) in [4.78, 5) is 12.8. The van der Waals surface area contributed by atoms with Gasteiger partial charge in [0.25, 0.3) is 5.91 Å². The summed E-state index contributed by atoms with van der Waals surface area (Å²) in [7, 11) is 0. The molecule has 25 heavy (non-hydrogen) atoms. The van der Waals surface area contributed by atoms with Crippen LogP contribution >= 0.6 is 0 Å². The van der Waals surface area contributed by atoms with Crippen molar-refractivity contribution in [2.75, 3.05) is 0 Å². The first-order valence-electron chi connectivity index (χ1n) is 9.38. The van der Waals surface area contributed by atoms with E-state index in [1.54, 1.807) is 0 Å². The van der Waals surface area contributed by atoms with Crippen LogP contribution in [-0.4, -0.2) is 11.9 Å². The molecule has 130 valence electrons. The van der Waals surface area contributed by atoms with Gasteiger partial charge in [0.1, 0.15) is 0 Å². The van der Waals surface area contributed by atoms with E-state index in [1.165, 1.54) is 18.4 Å². The third-order valence-electron chi connectivity index (χ3n) is 7.35. The number of nitrogens with one attached hydrogen (secondary N) is 1. The van der Waals surface area contributed by atoms with Gasteiger partial charge in [-0.15, -0.1) is 0 Å². The smallest absolute Gasteiger partial charge is 0.251 e. The zero-order valence-corrected chi connectivity index (χ0v) is 15.4. The van der Waals surface area contributed by atoms with Crippen LogP contribution in [0.15, 0.2) is 54.6 Å². The van der Waals surface area contributed by atoms with E-state index < -0.39 is 0 Å². The molecule has 2 heteroatoms. The SMILES string of the molecule is CC1(C)[C@H]2CC[C@@]1(C)[C@H](NC(=O)c1ccc(-c3ccccc3)cc1)C2. The van der Waals surface area contributed by atoms with Gasteiger partial charge in [-0.3, -0.25) is 4.79 Å². The van der Waals surface area contributed by atoms with Crippen molar-refractivity contribution < 1.29 is 4.79 Å². The first-order valence-corrected chi connectivity index (χ1v) is 9.38. The molecule has 2 saturated carbocycles. The molecule has 0 radical (unpaired) electrons. The van der Waals surface area contributed by atoms with Crippen LogP contribution in [-0.2, 0) is 0 Å². The van der Waals surface area contributed by atoms with E-state index in [1.807, 2.05) is 42.5 Å². The molecule has 2 fully saturated rings. The largest absolute Gasteiger partial charge is 0.349 e. The van der Waals surface area contributed by atoms with Crippen LogP contribution < -0.4 is 5.32 Å². The standard InChI is InChI=1S/C23H27NO/c1-22(2)19-13-14-23(22,3)20(15-19)24-21(25)18-11-9-17(10-12-18)16-7-5-4-6-8-16/h4-12,19-20H,13-15H2,1-3H3,(H,24,25)/t19-,20+,23-/m0/s1. The fourth-order valence-corrected chi connectivity index (χ4v) is 5.11. The zero-order chi connectivity index (χ0) is 17.7. The highest BCUT2D eigenvalue weighted by molar-refractivity contribution is 5.95. The maximum absolute atomic E-state index is 12.8. The summed E-state index contributed by atoms with van der Waals surface area (Å²) in [6.07, 6.45) is 3.65. The maximum atomic E-state index is 12.8. The van der Waals surface area contributed by atoms with E-state index in [9.17, 15) is 4.79 Å². The molecule has 2 nitrogen and oxygen atoms in total. The lowest BCUT2D eigenvalue weighted by atomic mass is 9.69. The normalized spacial score (nSPS) is 29.6. The minimum atomic E-state index is 0.0641. The second-order valence-electron chi connectivity index (χ2n) is 8.58. The third kappa shape index (κ3) is 2.50. The van der Waals surface area contributed by atoms with Crippen LogP contribution in [0.3, 0.4) is 0 Å². The molecule has 0 aromatic heterocycles. The van der Waals surface area contributed by atoms with Gasteiger partial charge in [0.15, 0.2) is 0 Å². The van der Waals surface area contributed by atoms with Crippen LogP contribution in [0.2, 0.25) is 0 Å². The molecule has 1 N–H and O–H groups in total. The number of fused-ring (bicyclic) bond motifs is 2. The van der Waals surface area contributed by atoms with E-state index in [-0.39, 0.29) is 11.3 Å². The van der Waals surface area contributed by atoms with Gasteiger partial charge in [0, 0.05) is 11.6 Å². The van der Waals surface area contributed by atoms with Crippen molar-refractivity contribution in [3.05, 3.63) is 60.2 Å². The van der Waals surface area contributed by atoms with E-state index in [4.69, 9.17) is 0 Å². The molecule has 0 heterocycles. The minimum absolute atomic E-state index is 0.0641. The van der Waals surface area contributed by atoms with Crippen LogP contribution in [0.1, 0.15) is 50.4 Å². The summed E-state index contributed by atoms with van der Waals surface area (Å²) in [5.74, 6) is 0.803. The summed E-state index contributed by atoms with van der Waals surface area (Å²) in [6, 6.07) is 18.5. The molecule has 0 unspecified atom stereocenters. The Kier molecular flexibility index (Phi) is 3.75. The Morgan fingerprint density at radius 2 is 1.60 bits per heavy atom. The van der Waals surface area contributed by atoms with E-state index in [0.717, 1.165) is 23.5 Å². The van der Waals surface area contributed by atoms with Crippen molar-refractivity contribution in [1.29, 1.82) is 0 Å². The highest BCUT2D eigenvalue weighted by Crippen LogP contribution is 2.65. The number of amides is 1. The summed E-state index contributed by atoms with van der Waals surface area (Å²) < 4.78 is 0. The molecule has 4 rings (SSSR count). The van der Waals surface area contributed by atoms with Crippen molar-refractivity contribution in [2.45, 2.75) is 46.1 Å². The Bertz CT molecular complexity index is 777. The lowest BCUT2D eigenvalue weighted by Crippen LogP contribution is -2.46. The zero-order valence-electron chi connectivity index (χ0n) is 15.4. The lowest BCUT2D eigenvalue weighted by Gasteiger charge is -2.39. The van der Waals surface area contributed by atoms with Gasteiger partial charge in [-0.2, -0.15) is 0 Å². The van der Waals surface area contributed by atoms with Gasteiger partial charge in [-0.25, -0.2) is 0 Å². The van der Waals surface area contributed by atoms with Gasteiger partial charge in [-0.05, 0) is 59.3 Å². The van der Waals surface area contributed by atoms with Crippen molar-refractivity contribution >= 4 is 5.91 Å². The fourth-order valence-electron chi connectivity index (χ4n) is 5.11. The highest BCUT2D eigenvalue weighted by atomic mass is 16.1.